The second kappa shape index (κ2) is 6.95. The zero-order chi connectivity index (χ0) is 15.2. The number of carboxylic acids is 1. The Hall–Kier alpha value is -2.27. The standard InChI is InChI=1S/C16H19N3O2/c1-3-15(12-6-5-9-17-10-12)19(2)11-13-7-4-8-14(18-13)16(20)21/h4-10,15H,3,11H2,1-2H3,(H,20,21)/t15-/m0/s1. The topological polar surface area (TPSA) is 66.3 Å². The van der Waals surface area contributed by atoms with E-state index in [2.05, 4.69) is 27.9 Å². The van der Waals surface area contributed by atoms with Crippen LogP contribution in [0.5, 0.6) is 0 Å². The minimum Gasteiger partial charge on any atom is -0.477 e. The summed E-state index contributed by atoms with van der Waals surface area (Å²) in [4.78, 5) is 21.4. The predicted molar refractivity (Wildman–Crippen MR) is 79.9 cm³/mol. The van der Waals surface area contributed by atoms with E-state index in [1.165, 1.54) is 6.07 Å². The third kappa shape index (κ3) is 3.86. The fourth-order valence-electron chi connectivity index (χ4n) is 2.43. The van der Waals surface area contributed by atoms with Crippen LogP contribution >= 0.6 is 0 Å². The van der Waals surface area contributed by atoms with Crippen molar-refractivity contribution in [3.8, 4) is 0 Å². The molecule has 0 spiro atoms. The molecule has 0 saturated carbocycles. The Morgan fingerprint density at radius 2 is 2.14 bits per heavy atom. The van der Waals surface area contributed by atoms with Gasteiger partial charge in [0.05, 0.1) is 5.69 Å². The van der Waals surface area contributed by atoms with E-state index in [-0.39, 0.29) is 11.7 Å². The molecule has 1 atom stereocenters. The molecule has 2 aromatic heterocycles. The van der Waals surface area contributed by atoms with Crippen LogP contribution in [0.4, 0.5) is 0 Å². The van der Waals surface area contributed by atoms with E-state index in [0.717, 1.165) is 17.7 Å². The summed E-state index contributed by atoms with van der Waals surface area (Å²) in [7, 11) is 2.01. The van der Waals surface area contributed by atoms with E-state index < -0.39 is 5.97 Å². The molecule has 2 aromatic rings. The first-order valence-corrected chi connectivity index (χ1v) is 6.91. The maximum atomic E-state index is 11.0. The molecule has 0 fully saturated rings. The molecule has 21 heavy (non-hydrogen) atoms. The highest BCUT2D eigenvalue weighted by molar-refractivity contribution is 5.85. The summed E-state index contributed by atoms with van der Waals surface area (Å²) in [6.07, 6.45) is 4.57. The molecule has 0 bridgehead atoms. The Morgan fingerprint density at radius 1 is 1.33 bits per heavy atom. The van der Waals surface area contributed by atoms with Gasteiger partial charge in [0.15, 0.2) is 0 Å². The molecule has 0 saturated heterocycles. The first-order valence-electron chi connectivity index (χ1n) is 6.91. The smallest absolute Gasteiger partial charge is 0.354 e. The highest BCUT2D eigenvalue weighted by Crippen LogP contribution is 2.23. The Balaban J connectivity index is 2.14. The summed E-state index contributed by atoms with van der Waals surface area (Å²) in [6.45, 7) is 2.71. The summed E-state index contributed by atoms with van der Waals surface area (Å²) >= 11 is 0. The highest BCUT2D eigenvalue weighted by atomic mass is 16.4. The third-order valence-electron chi connectivity index (χ3n) is 3.43. The molecule has 0 radical (unpaired) electrons. The van der Waals surface area contributed by atoms with Gasteiger partial charge in [0, 0.05) is 25.0 Å². The van der Waals surface area contributed by atoms with E-state index >= 15 is 0 Å². The SMILES string of the molecule is CC[C@@H](c1cccnc1)N(C)Cc1cccc(C(=O)O)n1. The quantitative estimate of drug-likeness (QED) is 0.884. The Bertz CT molecular complexity index is 601. The number of aromatic carboxylic acids is 1. The maximum Gasteiger partial charge on any atom is 0.354 e. The molecule has 0 aliphatic rings. The van der Waals surface area contributed by atoms with Crippen LogP contribution in [0, 0.1) is 0 Å². The van der Waals surface area contributed by atoms with Gasteiger partial charge in [-0.1, -0.05) is 19.1 Å². The average molecular weight is 285 g/mol. The number of hydrogen-bond acceptors (Lipinski definition) is 4. The van der Waals surface area contributed by atoms with Gasteiger partial charge in [-0.05, 0) is 37.2 Å². The van der Waals surface area contributed by atoms with Gasteiger partial charge in [-0.15, -0.1) is 0 Å². The van der Waals surface area contributed by atoms with Crippen molar-refractivity contribution in [3.63, 3.8) is 0 Å². The van der Waals surface area contributed by atoms with Gasteiger partial charge in [0.2, 0.25) is 0 Å². The van der Waals surface area contributed by atoms with Gasteiger partial charge in [0.1, 0.15) is 5.69 Å². The van der Waals surface area contributed by atoms with Crippen molar-refractivity contribution in [3.05, 3.63) is 59.7 Å². The van der Waals surface area contributed by atoms with Crippen molar-refractivity contribution in [2.24, 2.45) is 0 Å². The zero-order valence-corrected chi connectivity index (χ0v) is 12.2. The number of rotatable bonds is 6. The molecule has 0 unspecified atom stereocenters. The maximum absolute atomic E-state index is 11.0. The lowest BCUT2D eigenvalue weighted by atomic mass is 10.1. The number of aromatic nitrogens is 2. The molecular weight excluding hydrogens is 266 g/mol. The van der Waals surface area contributed by atoms with Gasteiger partial charge < -0.3 is 5.11 Å². The lowest BCUT2D eigenvalue weighted by Gasteiger charge is -2.27. The van der Waals surface area contributed by atoms with Gasteiger partial charge in [-0.25, -0.2) is 9.78 Å². The second-order valence-corrected chi connectivity index (χ2v) is 4.94. The summed E-state index contributed by atoms with van der Waals surface area (Å²) < 4.78 is 0. The van der Waals surface area contributed by atoms with Crippen molar-refractivity contribution in [1.29, 1.82) is 0 Å². The zero-order valence-electron chi connectivity index (χ0n) is 12.2. The Morgan fingerprint density at radius 3 is 2.76 bits per heavy atom. The monoisotopic (exact) mass is 285 g/mol. The van der Waals surface area contributed by atoms with E-state index in [4.69, 9.17) is 5.11 Å². The summed E-state index contributed by atoms with van der Waals surface area (Å²) in [5.41, 5.74) is 1.98. The molecule has 2 heterocycles. The minimum absolute atomic E-state index is 0.0790. The molecule has 0 amide bonds. The van der Waals surface area contributed by atoms with Crippen LogP contribution in [0.3, 0.4) is 0 Å². The minimum atomic E-state index is -1.00. The van der Waals surface area contributed by atoms with E-state index in [0.29, 0.717) is 6.54 Å². The molecule has 2 rings (SSSR count). The van der Waals surface area contributed by atoms with Crippen LogP contribution in [0.1, 0.15) is 41.1 Å². The first kappa shape index (κ1) is 15.1. The fourth-order valence-corrected chi connectivity index (χ4v) is 2.43. The molecule has 110 valence electrons. The number of nitrogens with zero attached hydrogens (tertiary/aromatic N) is 3. The van der Waals surface area contributed by atoms with Crippen LogP contribution in [-0.4, -0.2) is 33.0 Å². The molecular formula is C16H19N3O2. The molecule has 0 aliphatic carbocycles. The summed E-state index contributed by atoms with van der Waals surface area (Å²) in [5.74, 6) is -1.00. The lowest BCUT2D eigenvalue weighted by molar-refractivity contribution is 0.0690. The van der Waals surface area contributed by atoms with E-state index in [9.17, 15) is 4.79 Å². The fraction of sp³-hybridized carbons (Fsp3) is 0.312. The molecule has 0 aromatic carbocycles. The Kier molecular flexibility index (Phi) is 5.00. The number of carbonyl (C=O) groups is 1. The largest absolute Gasteiger partial charge is 0.477 e. The number of pyridine rings is 2. The van der Waals surface area contributed by atoms with E-state index in [1.807, 2.05) is 25.4 Å². The predicted octanol–water partition coefficient (Wildman–Crippen LogP) is 2.76. The van der Waals surface area contributed by atoms with Gasteiger partial charge in [0.25, 0.3) is 0 Å². The molecule has 5 heteroatoms. The van der Waals surface area contributed by atoms with Crippen molar-refractivity contribution in [2.45, 2.75) is 25.9 Å². The first-order chi connectivity index (χ1) is 10.1. The van der Waals surface area contributed by atoms with Crippen molar-refractivity contribution in [1.82, 2.24) is 14.9 Å². The summed E-state index contributed by atoms with van der Waals surface area (Å²) in [5, 5.41) is 8.99. The van der Waals surface area contributed by atoms with Crippen LogP contribution in [0.15, 0.2) is 42.7 Å². The molecule has 0 aliphatic heterocycles. The van der Waals surface area contributed by atoms with Crippen molar-refractivity contribution in [2.75, 3.05) is 7.05 Å². The van der Waals surface area contributed by atoms with Crippen LogP contribution in [-0.2, 0) is 6.54 Å². The van der Waals surface area contributed by atoms with Crippen LogP contribution < -0.4 is 0 Å². The normalized spacial score (nSPS) is 12.3. The van der Waals surface area contributed by atoms with Crippen molar-refractivity contribution < 1.29 is 9.90 Å². The van der Waals surface area contributed by atoms with E-state index in [1.54, 1.807) is 12.3 Å². The average Bonchev–Trinajstić information content (AvgIpc) is 2.49. The van der Waals surface area contributed by atoms with Gasteiger partial charge in [-0.3, -0.25) is 9.88 Å². The third-order valence-corrected chi connectivity index (χ3v) is 3.43. The lowest BCUT2D eigenvalue weighted by Crippen LogP contribution is -2.24. The highest BCUT2D eigenvalue weighted by Gasteiger charge is 2.16. The number of hydrogen-bond donors (Lipinski definition) is 1. The Labute approximate surface area is 124 Å². The van der Waals surface area contributed by atoms with Crippen LogP contribution in [0.25, 0.3) is 0 Å². The second-order valence-electron chi connectivity index (χ2n) is 4.94. The van der Waals surface area contributed by atoms with Crippen molar-refractivity contribution >= 4 is 5.97 Å². The van der Waals surface area contributed by atoms with Gasteiger partial charge in [-0.2, -0.15) is 0 Å². The number of carboxylic acid groups (broad SMARTS) is 1. The van der Waals surface area contributed by atoms with Crippen LogP contribution in [0.2, 0.25) is 0 Å². The molecule has 5 nitrogen and oxygen atoms in total. The summed E-state index contributed by atoms with van der Waals surface area (Å²) in [6, 6.07) is 9.29. The van der Waals surface area contributed by atoms with Gasteiger partial charge >= 0.3 is 5.97 Å². The molecule has 1 N–H and O–H groups in total.